The molecule has 1 aromatic carbocycles. The summed E-state index contributed by atoms with van der Waals surface area (Å²) in [5.41, 5.74) is 2.85. The molecular weight excluding hydrogens is 242 g/mol. The average molecular weight is 257 g/mol. The fourth-order valence-electron chi connectivity index (χ4n) is 2.25. The van der Waals surface area contributed by atoms with Crippen molar-refractivity contribution in [3.8, 4) is 5.75 Å². The summed E-state index contributed by atoms with van der Waals surface area (Å²) in [6.07, 6.45) is 0.852. The van der Waals surface area contributed by atoms with Gasteiger partial charge in [0.25, 0.3) is 5.56 Å². The molecule has 0 unspecified atom stereocenters. The van der Waals surface area contributed by atoms with Gasteiger partial charge < -0.3 is 10.4 Å². The zero-order valence-electron chi connectivity index (χ0n) is 10.5. The van der Waals surface area contributed by atoms with Crippen LogP contribution in [-0.4, -0.2) is 21.4 Å². The average Bonchev–Trinajstić information content (AvgIpc) is 2.42. The van der Waals surface area contributed by atoms with Gasteiger partial charge >= 0.3 is 0 Å². The lowest BCUT2D eigenvalue weighted by molar-refractivity contribution is 0.474. The standard InChI is InChI=1S/C14H15N3O2/c18-12-3-1-10(2-4-12)9-17-14(19)7-11-8-15-6-5-13(11)16-17/h1-4,7,15,18H,5-6,8-9H2. The number of phenolic OH excluding ortho intramolecular Hbond substituents is 1. The quantitative estimate of drug-likeness (QED) is 0.828. The van der Waals surface area contributed by atoms with E-state index < -0.39 is 0 Å². The minimum absolute atomic E-state index is 0.0875. The second kappa shape index (κ2) is 4.85. The lowest BCUT2D eigenvalue weighted by Crippen LogP contribution is -2.31. The van der Waals surface area contributed by atoms with Crippen LogP contribution in [0.15, 0.2) is 35.1 Å². The van der Waals surface area contributed by atoms with Gasteiger partial charge in [0.1, 0.15) is 5.75 Å². The summed E-state index contributed by atoms with van der Waals surface area (Å²) in [5, 5.41) is 16.9. The maximum atomic E-state index is 12.0. The van der Waals surface area contributed by atoms with Crippen molar-refractivity contribution in [1.29, 1.82) is 0 Å². The van der Waals surface area contributed by atoms with E-state index in [2.05, 4.69) is 10.4 Å². The SMILES string of the molecule is O=c1cc2c(nn1Cc1ccc(O)cc1)CCNC2. The van der Waals surface area contributed by atoms with Crippen molar-refractivity contribution in [3.05, 3.63) is 57.5 Å². The molecule has 3 rings (SSSR count). The van der Waals surface area contributed by atoms with Gasteiger partial charge in [0.05, 0.1) is 12.2 Å². The minimum Gasteiger partial charge on any atom is -0.508 e. The number of aromatic hydroxyl groups is 1. The van der Waals surface area contributed by atoms with E-state index in [9.17, 15) is 9.90 Å². The highest BCUT2D eigenvalue weighted by Crippen LogP contribution is 2.11. The molecule has 0 atom stereocenters. The predicted molar refractivity (Wildman–Crippen MR) is 71.1 cm³/mol. The van der Waals surface area contributed by atoms with Crippen LogP contribution in [-0.2, 0) is 19.5 Å². The highest BCUT2D eigenvalue weighted by molar-refractivity contribution is 5.26. The first kappa shape index (κ1) is 11.9. The van der Waals surface area contributed by atoms with Crippen LogP contribution >= 0.6 is 0 Å². The molecule has 2 N–H and O–H groups in total. The van der Waals surface area contributed by atoms with E-state index in [1.165, 1.54) is 4.68 Å². The first-order valence-corrected chi connectivity index (χ1v) is 6.31. The van der Waals surface area contributed by atoms with E-state index in [1.807, 2.05) is 0 Å². The molecule has 5 nitrogen and oxygen atoms in total. The summed E-state index contributed by atoms with van der Waals surface area (Å²) in [6, 6.07) is 8.48. The van der Waals surface area contributed by atoms with E-state index in [0.29, 0.717) is 6.54 Å². The van der Waals surface area contributed by atoms with Gasteiger partial charge in [0.15, 0.2) is 0 Å². The van der Waals surface area contributed by atoms with Gasteiger partial charge in [0, 0.05) is 25.6 Å². The normalized spacial score (nSPS) is 14.1. The number of nitrogens with one attached hydrogen (secondary N) is 1. The van der Waals surface area contributed by atoms with Crippen LogP contribution < -0.4 is 10.9 Å². The molecule has 0 fully saturated rings. The Balaban J connectivity index is 1.92. The number of fused-ring (bicyclic) bond motifs is 1. The van der Waals surface area contributed by atoms with E-state index in [-0.39, 0.29) is 11.3 Å². The molecule has 2 heterocycles. The van der Waals surface area contributed by atoms with Crippen molar-refractivity contribution in [2.75, 3.05) is 6.54 Å². The molecule has 0 saturated carbocycles. The van der Waals surface area contributed by atoms with Gasteiger partial charge in [-0.1, -0.05) is 12.1 Å². The second-order valence-electron chi connectivity index (χ2n) is 4.71. The maximum absolute atomic E-state index is 12.0. The first-order chi connectivity index (χ1) is 9.22. The molecule has 2 aromatic rings. The second-order valence-corrected chi connectivity index (χ2v) is 4.71. The molecule has 0 spiro atoms. The fraction of sp³-hybridized carbons (Fsp3) is 0.286. The van der Waals surface area contributed by atoms with Gasteiger partial charge in [-0.3, -0.25) is 4.79 Å². The Morgan fingerprint density at radius 1 is 1.32 bits per heavy atom. The van der Waals surface area contributed by atoms with Crippen LogP contribution in [0, 0.1) is 0 Å². The Bertz CT molecular complexity index is 647. The molecular formula is C14H15N3O2. The van der Waals surface area contributed by atoms with Crippen LogP contribution in [0.2, 0.25) is 0 Å². The number of rotatable bonds is 2. The Morgan fingerprint density at radius 3 is 2.89 bits per heavy atom. The third-order valence-electron chi connectivity index (χ3n) is 3.29. The number of hydrogen-bond donors (Lipinski definition) is 2. The highest BCUT2D eigenvalue weighted by atomic mass is 16.3. The summed E-state index contributed by atoms with van der Waals surface area (Å²) in [6.45, 7) is 2.05. The van der Waals surface area contributed by atoms with Crippen molar-refractivity contribution in [1.82, 2.24) is 15.1 Å². The molecule has 0 saturated heterocycles. The van der Waals surface area contributed by atoms with Crippen LogP contribution in [0.25, 0.3) is 0 Å². The van der Waals surface area contributed by atoms with Gasteiger partial charge in [0.2, 0.25) is 0 Å². The molecule has 1 aromatic heterocycles. The maximum Gasteiger partial charge on any atom is 0.267 e. The Labute approximate surface area is 110 Å². The number of nitrogens with zero attached hydrogens (tertiary/aromatic N) is 2. The molecule has 98 valence electrons. The van der Waals surface area contributed by atoms with Crippen molar-refractivity contribution < 1.29 is 5.11 Å². The molecule has 19 heavy (non-hydrogen) atoms. The lowest BCUT2D eigenvalue weighted by Gasteiger charge is -2.17. The molecule has 0 amide bonds. The number of phenols is 1. The highest BCUT2D eigenvalue weighted by Gasteiger charge is 2.12. The molecule has 0 aliphatic carbocycles. The topological polar surface area (TPSA) is 67.2 Å². The largest absolute Gasteiger partial charge is 0.508 e. The van der Waals surface area contributed by atoms with Gasteiger partial charge in [-0.25, -0.2) is 4.68 Å². The smallest absolute Gasteiger partial charge is 0.267 e. The zero-order valence-corrected chi connectivity index (χ0v) is 10.5. The van der Waals surface area contributed by atoms with Crippen LogP contribution in [0.3, 0.4) is 0 Å². The summed E-state index contributed by atoms with van der Waals surface area (Å²) in [5.74, 6) is 0.223. The van der Waals surface area contributed by atoms with Crippen molar-refractivity contribution in [2.45, 2.75) is 19.5 Å². The Morgan fingerprint density at radius 2 is 2.11 bits per heavy atom. The summed E-state index contributed by atoms with van der Waals surface area (Å²) < 4.78 is 1.48. The monoisotopic (exact) mass is 257 g/mol. The molecule has 0 bridgehead atoms. The van der Waals surface area contributed by atoms with Crippen LogP contribution in [0.1, 0.15) is 16.8 Å². The van der Waals surface area contributed by atoms with E-state index in [1.54, 1.807) is 30.3 Å². The number of benzene rings is 1. The van der Waals surface area contributed by atoms with E-state index >= 15 is 0 Å². The van der Waals surface area contributed by atoms with E-state index in [4.69, 9.17) is 0 Å². The Hall–Kier alpha value is -2.14. The Kier molecular flexibility index (Phi) is 3.05. The number of hydrogen-bond acceptors (Lipinski definition) is 4. The third kappa shape index (κ3) is 2.51. The van der Waals surface area contributed by atoms with Crippen molar-refractivity contribution in [2.24, 2.45) is 0 Å². The third-order valence-corrected chi connectivity index (χ3v) is 3.29. The van der Waals surface area contributed by atoms with Crippen molar-refractivity contribution in [3.63, 3.8) is 0 Å². The fourth-order valence-corrected chi connectivity index (χ4v) is 2.25. The summed E-state index contributed by atoms with van der Waals surface area (Å²) >= 11 is 0. The predicted octanol–water partition coefficient (Wildman–Crippen LogP) is 0.643. The minimum atomic E-state index is -0.0875. The van der Waals surface area contributed by atoms with Gasteiger partial charge in [-0.2, -0.15) is 5.10 Å². The van der Waals surface area contributed by atoms with E-state index in [0.717, 1.165) is 36.3 Å². The molecule has 1 aliphatic rings. The van der Waals surface area contributed by atoms with Crippen LogP contribution in [0.4, 0.5) is 0 Å². The summed E-state index contributed by atoms with van der Waals surface area (Å²) in [7, 11) is 0. The molecule has 5 heteroatoms. The van der Waals surface area contributed by atoms with Crippen LogP contribution in [0.5, 0.6) is 5.75 Å². The zero-order chi connectivity index (χ0) is 13.2. The summed E-state index contributed by atoms with van der Waals surface area (Å²) in [4.78, 5) is 12.0. The molecule has 0 radical (unpaired) electrons. The number of aromatic nitrogens is 2. The van der Waals surface area contributed by atoms with Gasteiger partial charge in [-0.15, -0.1) is 0 Å². The van der Waals surface area contributed by atoms with Gasteiger partial charge in [-0.05, 0) is 23.3 Å². The lowest BCUT2D eigenvalue weighted by atomic mass is 10.1. The molecule has 1 aliphatic heterocycles. The first-order valence-electron chi connectivity index (χ1n) is 6.31. The van der Waals surface area contributed by atoms with Crippen molar-refractivity contribution >= 4 is 0 Å².